The van der Waals surface area contributed by atoms with E-state index in [-0.39, 0.29) is 18.5 Å². The maximum Gasteiger partial charge on any atom is 0.324 e. The second-order valence-electron chi connectivity index (χ2n) is 6.74. The average molecular weight is 316 g/mol. The van der Waals surface area contributed by atoms with Gasteiger partial charge in [-0.1, -0.05) is 49.6 Å². The molecule has 124 valence electrons. The van der Waals surface area contributed by atoms with Crippen molar-refractivity contribution in [2.24, 2.45) is 0 Å². The van der Waals surface area contributed by atoms with Gasteiger partial charge >= 0.3 is 6.03 Å². The minimum absolute atomic E-state index is 0.125. The molecule has 1 aliphatic carbocycles. The lowest BCUT2D eigenvalue weighted by Crippen LogP contribution is -2.47. The Morgan fingerprint density at radius 3 is 2.52 bits per heavy atom. The summed E-state index contributed by atoms with van der Waals surface area (Å²) < 4.78 is 0. The molecule has 2 fully saturated rings. The van der Waals surface area contributed by atoms with Gasteiger partial charge in [0.05, 0.1) is 12.1 Å². The first kappa shape index (κ1) is 16.0. The van der Waals surface area contributed by atoms with Crippen molar-refractivity contribution in [3.63, 3.8) is 0 Å². The second kappa shape index (κ2) is 6.71. The first-order valence-electron chi connectivity index (χ1n) is 8.46. The van der Waals surface area contributed by atoms with Gasteiger partial charge in [0.2, 0.25) is 0 Å². The van der Waals surface area contributed by atoms with Crippen LogP contribution in [0.25, 0.3) is 0 Å². The number of rotatable bonds is 5. The van der Waals surface area contributed by atoms with Crippen molar-refractivity contribution in [2.45, 2.75) is 56.6 Å². The van der Waals surface area contributed by atoms with E-state index in [1.807, 2.05) is 30.3 Å². The maximum atomic E-state index is 12.5. The summed E-state index contributed by atoms with van der Waals surface area (Å²) in [6.07, 6.45) is 5.69. The summed E-state index contributed by atoms with van der Waals surface area (Å²) in [7, 11) is 0. The molecular formula is C18H24N2O3. The van der Waals surface area contributed by atoms with Crippen LogP contribution in [0.2, 0.25) is 0 Å². The molecule has 2 aliphatic rings. The molecular weight excluding hydrogens is 292 g/mol. The lowest BCUT2D eigenvalue weighted by atomic mass is 9.84. The highest BCUT2D eigenvalue weighted by Gasteiger charge is 2.42. The molecule has 0 aromatic heterocycles. The van der Waals surface area contributed by atoms with Crippen molar-refractivity contribution in [2.75, 3.05) is 6.54 Å². The molecule has 0 bridgehead atoms. The van der Waals surface area contributed by atoms with Crippen molar-refractivity contribution >= 4 is 11.9 Å². The Kier molecular flexibility index (Phi) is 4.66. The Balaban J connectivity index is 1.58. The Bertz CT molecular complexity index is 567. The third-order valence-electron chi connectivity index (χ3n) is 4.91. The quantitative estimate of drug-likeness (QED) is 0.819. The van der Waals surface area contributed by atoms with Crippen LogP contribution in [0, 0.1) is 0 Å². The van der Waals surface area contributed by atoms with E-state index in [9.17, 15) is 14.7 Å². The fourth-order valence-electron chi connectivity index (χ4n) is 3.54. The Hall–Kier alpha value is -1.88. The van der Waals surface area contributed by atoms with Gasteiger partial charge < -0.3 is 10.4 Å². The van der Waals surface area contributed by atoms with Gasteiger partial charge in [-0.2, -0.15) is 0 Å². The smallest absolute Gasteiger partial charge is 0.324 e. The summed E-state index contributed by atoms with van der Waals surface area (Å²) >= 11 is 0. The van der Waals surface area contributed by atoms with E-state index in [0.717, 1.165) is 31.2 Å². The molecule has 1 atom stereocenters. The summed E-state index contributed by atoms with van der Waals surface area (Å²) in [4.78, 5) is 25.8. The standard InChI is InChI=1S/C18H24N2O3/c21-16-15(10-9-14-7-3-1-4-8-14)19-17(22)20(16)13-18(23)11-5-2-6-12-18/h1,3-4,7-8,15,23H,2,5-6,9-13H2,(H,19,22)/t15-/m0/s1. The van der Waals surface area contributed by atoms with Crippen molar-refractivity contribution in [3.8, 4) is 0 Å². The van der Waals surface area contributed by atoms with Crippen LogP contribution in [0.4, 0.5) is 4.79 Å². The summed E-state index contributed by atoms with van der Waals surface area (Å²) in [6.45, 7) is 0.125. The maximum absolute atomic E-state index is 12.5. The van der Waals surface area contributed by atoms with Crippen molar-refractivity contribution in [1.29, 1.82) is 0 Å². The highest BCUT2D eigenvalue weighted by Crippen LogP contribution is 2.30. The molecule has 5 nitrogen and oxygen atoms in total. The highest BCUT2D eigenvalue weighted by atomic mass is 16.3. The minimum Gasteiger partial charge on any atom is -0.388 e. The zero-order valence-corrected chi connectivity index (χ0v) is 13.3. The molecule has 1 saturated heterocycles. The van der Waals surface area contributed by atoms with Gasteiger partial charge in [-0.25, -0.2) is 4.79 Å². The van der Waals surface area contributed by atoms with E-state index in [0.29, 0.717) is 19.3 Å². The lowest BCUT2D eigenvalue weighted by molar-refractivity contribution is -0.131. The molecule has 23 heavy (non-hydrogen) atoms. The van der Waals surface area contributed by atoms with E-state index in [2.05, 4.69) is 5.32 Å². The first-order chi connectivity index (χ1) is 11.1. The van der Waals surface area contributed by atoms with Gasteiger partial charge in [0, 0.05) is 0 Å². The van der Waals surface area contributed by atoms with E-state index in [4.69, 9.17) is 0 Å². The van der Waals surface area contributed by atoms with Crippen LogP contribution < -0.4 is 5.32 Å². The van der Waals surface area contributed by atoms with E-state index >= 15 is 0 Å². The molecule has 3 amide bonds. The number of amides is 3. The number of carbonyl (C=O) groups is 2. The van der Waals surface area contributed by atoms with Crippen LogP contribution in [-0.2, 0) is 11.2 Å². The largest absolute Gasteiger partial charge is 0.388 e. The molecule has 0 unspecified atom stereocenters. The third-order valence-corrected chi connectivity index (χ3v) is 4.91. The third kappa shape index (κ3) is 3.72. The zero-order valence-electron chi connectivity index (χ0n) is 13.3. The van der Waals surface area contributed by atoms with Gasteiger partial charge in [0.1, 0.15) is 6.04 Å². The summed E-state index contributed by atoms with van der Waals surface area (Å²) in [5, 5.41) is 13.3. The van der Waals surface area contributed by atoms with Crippen LogP contribution >= 0.6 is 0 Å². The van der Waals surface area contributed by atoms with Crippen LogP contribution in [0.15, 0.2) is 30.3 Å². The number of carbonyl (C=O) groups excluding carboxylic acids is 2. The number of imide groups is 1. The molecule has 1 saturated carbocycles. The summed E-state index contributed by atoms with van der Waals surface area (Å²) in [6, 6.07) is 9.08. The average Bonchev–Trinajstić information content (AvgIpc) is 2.82. The van der Waals surface area contributed by atoms with Crippen molar-refractivity contribution < 1.29 is 14.7 Å². The molecule has 1 aromatic rings. The Morgan fingerprint density at radius 2 is 1.83 bits per heavy atom. The zero-order chi connectivity index (χ0) is 16.3. The number of aliphatic hydroxyl groups is 1. The molecule has 0 radical (unpaired) electrons. The topological polar surface area (TPSA) is 69.6 Å². The number of aryl methyl sites for hydroxylation is 1. The number of nitrogens with zero attached hydrogens (tertiary/aromatic N) is 1. The molecule has 2 N–H and O–H groups in total. The van der Waals surface area contributed by atoms with Crippen LogP contribution in [0.3, 0.4) is 0 Å². The van der Waals surface area contributed by atoms with Crippen LogP contribution in [0.1, 0.15) is 44.1 Å². The number of urea groups is 1. The van der Waals surface area contributed by atoms with E-state index in [1.54, 1.807) is 0 Å². The fraction of sp³-hybridized carbons (Fsp3) is 0.556. The highest BCUT2D eigenvalue weighted by molar-refractivity contribution is 6.04. The Labute approximate surface area is 136 Å². The van der Waals surface area contributed by atoms with Crippen molar-refractivity contribution in [1.82, 2.24) is 10.2 Å². The summed E-state index contributed by atoms with van der Waals surface area (Å²) in [5.74, 6) is -0.204. The number of hydrogen-bond acceptors (Lipinski definition) is 3. The lowest BCUT2D eigenvalue weighted by Gasteiger charge is -2.34. The molecule has 3 rings (SSSR count). The molecule has 1 aromatic carbocycles. The van der Waals surface area contributed by atoms with E-state index < -0.39 is 11.6 Å². The Morgan fingerprint density at radius 1 is 1.13 bits per heavy atom. The molecule has 1 aliphatic heterocycles. The van der Waals surface area contributed by atoms with Gasteiger partial charge in [-0.15, -0.1) is 0 Å². The number of hydrogen-bond donors (Lipinski definition) is 2. The molecule has 0 spiro atoms. The normalized spacial score (nSPS) is 23.9. The van der Waals surface area contributed by atoms with E-state index in [1.165, 1.54) is 4.90 Å². The number of nitrogens with one attached hydrogen (secondary N) is 1. The SMILES string of the molecule is O=C1N[C@@H](CCc2ccccc2)C(=O)N1CC1(O)CCCCC1. The number of β-amino-alcohol motifs (C(OH)–C–C–N with tert-alkyl or cyclic N) is 1. The van der Waals surface area contributed by atoms with Crippen LogP contribution in [0.5, 0.6) is 0 Å². The predicted molar refractivity (Wildman–Crippen MR) is 86.8 cm³/mol. The van der Waals surface area contributed by atoms with Gasteiger partial charge in [-0.05, 0) is 31.2 Å². The summed E-state index contributed by atoms with van der Waals surface area (Å²) in [5.41, 5.74) is 0.249. The minimum atomic E-state index is -0.903. The molecule has 1 heterocycles. The second-order valence-corrected chi connectivity index (χ2v) is 6.74. The van der Waals surface area contributed by atoms with Crippen molar-refractivity contribution in [3.05, 3.63) is 35.9 Å². The monoisotopic (exact) mass is 316 g/mol. The van der Waals surface area contributed by atoms with Gasteiger partial charge in [-0.3, -0.25) is 9.69 Å². The van der Waals surface area contributed by atoms with Gasteiger partial charge in [0.15, 0.2) is 0 Å². The molecule has 5 heteroatoms. The van der Waals surface area contributed by atoms with Gasteiger partial charge in [0.25, 0.3) is 5.91 Å². The fourth-order valence-corrected chi connectivity index (χ4v) is 3.54. The number of benzene rings is 1. The van der Waals surface area contributed by atoms with Crippen LogP contribution in [-0.4, -0.2) is 40.1 Å². The first-order valence-corrected chi connectivity index (χ1v) is 8.46. The predicted octanol–water partition coefficient (Wildman–Crippen LogP) is 2.23.